The molecule has 17 heteroatoms. The Morgan fingerprint density at radius 3 is 0.925 bits per heavy atom. The Bertz CT molecular complexity index is 1610. The molecule has 0 aliphatic carbocycles. The molecule has 53 heavy (non-hydrogen) atoms. The first-order valence-corrected chi connectivity index (χ1v) is 19.9. The van der Waals surface area contributed by atoms with E-state index in [1.807, 2.05) is 55.4 Å². The van der Waals surface area contributed by atoms with Crippen LogP contribution in [0.4, 0.5) is 0 Å². The van der Waals surface area contributed by atoms with E-state index in [2.05, 4.69) is 0 Å². The molecule has 2 aromatic carbocycles. The molecule has 4 unspecified atom stereocenters. The van der Waals surface area contributed by atoms with Crippen molar-refractivity contribution in [2.75, 3.05) is 26.4 Å². The van der Waals surface area contributed by atoms with Crippen molar-refractivity contribution in [3.05, 3.63) is 58.7 Å². The minimum Gasteiger partial charge on any atom is -0.744 e. The van der Waals surface area contributed by atoms with Crippen LogP contribution in [0, 0.1) is 23.7 Å². The Morgan fingerprint density at radius 2 is 0.717 bits per heavy atom. The molecule has 292 valence electrons. The van der Waals surface area contributed by atoms with Gasteiger partial charge in [0.25, 0.3) is 0 Å². The summed E-state index contributed by atoms with van der Waals surface area (Å²) in [6, 6.07) is 5.89. The molecule has 4 atom stereocenters. The average molecular weight is 811 g/mol. The first kappa shape index (κ1) is 50.4. The maximum Gasteiger partial charge on any atom is 2.00 e. The van der Waals surface area contributed by atoms with Gasteiger partial charge in [-0.05, 0) is 60.1 Å². The minimum atomic E-state index is -4.78. The smallest absolute Gasteiger partial charge is 0.744 e. The Balaban J connectivity index is 0.00000100. The zero-order chi connectivity index (χ0) is 39.8. The number of rotatable bonds is 18. The van der Waals surface area contributed by atoms with Crippen LogP contribution in [0.3, 0.4) is 0 Å². The van der Waals surface area contributed by atoms with Crippen LogP contribution in [0.2, 0.25) is 0 Å². The molecule has 0 radical (unpaired) electrons. The summed E-state index contributed by atoms with van der Waals surface area (Å²) in [7, 11) is -9.55. The van der Waals surface area contributed by atoms with Gasteiger partial charge in [0.2, 0.25) is 0 Å². The van der Waals surface area contributed by atoms with Crippen LogP contribution in [0.1, 0.15) is 123 Å². The van der Waals surface area contributed by atoms with Crippen LogP contribution in [-0.4, -0.2) is 114 Å². The van der Waals surface area contributed by atoms with Crippen molar-refractivity contribution in [1.82, 2.24) is 0 Å². The van der Waals surface area contributed by atoms with Gasteiger partial charge >= 0.3 is 61.6 Å². The van der Waals surface area contributed by atoms with E-state index in [4.69, 9.17) is 18.9 Å². The van der Waals surface area contributed by atoms with Crippen molar-refractivity contribution in [3.63, 3.8) is 0 Å². The molecule has 0 bridgehead atoms. The van der Waals surface area contributed by atoms with Crippen LogP contribution in [-0.2, 0) is 39.2 Å². The number of carbonyl (C=O) groups is 4. The molecule has 0 aliphatic rings. The third-order valence-electron chi connectivity index (χ3n) is 8.22. The fraction of sp³-hybridized carbons (Fsp3) is 0.556. The quantitative estimate of drug-likeness (QED) is 0.0773. The van der Waals surface area contributed by atoms with Gasteiger partial charge in [-0.15, -0.1) is 0 Å². The van der Waals surface area contributed by atoms with Gasteiger partial charge in [-0.25, -0.2) is 36.0 Å². The Labute approximate surface area is 343 Å². The normalized spacial score (nSPS) is 13.5. The average Bonchev–Trinajstić information content (AvgIpc) is 3.12. The summed E-state index contributed by atoms with van der Waals surface area (Å²) in [5, 5.41) is 0. The predicted octanol–water partition coefficient (Wildman–Crippen LogP) is 5.61. The molecule has 0 heterocycles. The molecular formula is C36H50CaO14S2. The van der Waals surface area contributed by atoms with Gasteiger partial charge in [-0.3, -0.25) is 0 Å². The van der Waals surface area contributed by atoms with Crippen molar-refractivity contribution in [3.8, 4) is 0 Å². The van der Waals surface area contributed by atoms with Crippen LogP contribution in [0.5, 0.6) is 0 Å². The third-order valence-corrected chi connectivity index (χ3v) is 9.89. The fourth-order valence-electron chi connectivity index (χ4n) is 3.71. The molecule has 0 spiro atoms. The number of esters is 4. The van der Waals surface area contributed by atoms with E-state index in [0.29, 0.717) is 0 Å². The van der Waals surface area contributed by atoms with Gasteiger partial charge in [0.05, 0.1) is 58.5 Å². The molecular weight excluding hydrogens is 761 g/mol. The van der Waals surface area contributed by atoms with E-state index >= 15 is 0 Å². The summed E-state index contributed by atoms with van der Waals surface area (Å²) in [4.78, 5) is 48.0. The molecule has 0 amide bonds. The van der Waals surface area contributed by atoms with Gasteiger partial charge < -0.3 is 28.1 Å². The topological polar surface area (TPSA) is 220 Å². The molecule has 0 saturated heterocycles. The number of hydrogen-bond acceptors (Lipinski definition) is 14. The second kappa shape index (κ2) is 24.0. The monoisotopic (exact) mass is 810 g/mol. The zero-order valence-electron chi connectivity index (χ0n) is 31.7. The van der Waals surface area contributed by atoms with E-state index < -0.39 is 53.9 Å². The molecule has 0 N–H and O–H groups in total. The van der Waals surface area contributed by atoms with Crippen molar-refractivity contribution < 1.29 is 64.1 Å². The second-order valence-electron chi connectivity index (χ2n) is 12.8. The van der Waals surface area contributed by atoms with E-state index in [1.54, 1.807) is 0 Å². The predicted molar refractivity (Wildman–Crippen MR) is 194 cm³/mol. The SMILES string of the molecule is CCC(C)COC(=O)c1ccc(S(=O)(=O)[O-])cc1C(=O)OCC(C)CC.CCC(C)COC(=O)c1ccc(S(=O)(=O)[O-])cc1C(=O)OCC(C)CC.[Ca+2]. The fourth-order valence-corrected chi connectivity index (χ4v) is 4.70. The van der Waals surface area contributed by atoms with Crippen LogP contribution in [0.25, 0.3) is 0 Å². The van der Waals surface area contributed by atoms with Gasteiger partial charge in [0.1, 0.15) is 20.2 Å². The standard InChI is InChI=1S/2C18H26O7S.Ca/c2*1-5-12(3)10-24-17(19)15-8-7-14(26(21,22)23)9-16(15)18(20)25-11-13(4)6-2;/h2*7-9,12-13H,5-6,10-11H2,1-4H3,(H,21,22,23);/q;;+2/p-2. The molecule has 0 fully saturated rings. The van der Waals surface area contributed by atoms with E-state index in [1.165, 1.54) is 0 Å². The van der Waals surface area contributed by atoms with Gasteiger partial charge in [-0.2, -0.15) is 0 Å². The van der Waals surface area contributed by atoms with Crippen molar-refractivity contribution in [1.29, 1.82) is 0 Å². The summed E-state index contributed by atoms with van der Waals surface area (Å²) >= 11 is 0. The van der Waals surface area contributed by atoms with Gasteiger partial charge in [0.15, 0.2) is 0 Å². The van der Waals surface area contributed by atoms with Crippen molar-refractivity contribution in [2.24, 2.45) is 23.7 Å². The number of carbonyl (C=O) groups excluding carboxylic acids is 4. The van der Waals surface area contributed by atoms with E-state index in [9.17, 15) is 45.1 Å². The number of ether oxygens (including phenoxy) is 4. The Morgan fingerprint density at radius 1 is 0.491 bits per heavy atom. The molecule has 0 saturated carbocycles. The molecule has 0 aromatic heterocycles. The Hall–Kier alpha value is -2.60. The second-order valence-corrected chi connectivity index (χ2v) is 15.5. The van der Waals surface area contributed by atoms with E-state index in [-0.39, 0.29) is 110 Å². The molecule has 2 aromatic rings. The molecule has 2 rings (SSSR count). The van der Waals surface area contributed by atoms with Crippen LogP contribution < -0.4 is 0 Å². The molecule has 0 aliphatic heterocycles. The number of hydrogen-bond donors (Lipinski definition) is 0. The van der Waals surface area contributed by atoms with Gasteiger partial charge in [-0.1, -0.05) is 81.1 Å². The summed E-state index contributed by atoms with van der Waals surface area (Å²) < 4.78 is 88.0. The number of benzene rings is 2. The third kappa shape index (κ3) is 17.6. The largest absolute Gasteiger partial charge is 2.00 e. The summed E-state index contributed by atoms with van der Waals surface area (Å²) in [5.41, 5.74) is -0.844. The Kier molecular flexibility index (Phi) is 22.8. The minimum absolute atomic E-state index is 0. The zero-order valence-corrected chi connectivity index (χ0v) is 35.5. The van der Waals surface area contributed by atoms with Crippen molar-refractivity contribution >= 4 is 81.9 Å². The summed E-state index contributed by atoms with van der Waals surface area (Å²) in [5.74, 6) is -2.79. The maximum atomic E-state index is 12.3. The van der Waals surface area contributed by atoms with Crippen LogP contribution >= 0.6 is 0 Å². The van der Waals surface area contributed by atoms with Gasteiger partial charge in [0, 0.05) is 0 Å². The summed E-state index contributed by atoms with van der Waals surface area (Å²) in [6.07, 6.45) is 3.19. The van der Waals surface area contributed by atoms with Crippen LogP contribution in [0.15, 0.2) is 46.2 Å². The van der Waals surface area contributed by atoms with Crippen molar-refractivity contribution in [2.45, 2.75) is 90.9 Å². The van der Waals surface area contributed by atoms with E-state index in [0.717, 1.165) is 62.1 Å². The molecule has 14 nitrogen and oxygen atoms in total. The summed E-state index contributed by atoms with van der Waals surface area (Å²) in [6.45, 7) is 15.9. The first-order valence-electron chi connectivity index (χ1n) is 17.1. The maximum absolute atomic E-state index is 12.3. The first-order chi connectivity index (χ1) is 24.2.